The molecule has 2 fully saturated rings. The zero-order valence-corrected chi connectivity index (χ0v) is 29.6. The van der Waals surface area contributed by atoms with Crippen LogP contribution in [0.4, 0.5) is 5.69 Å². The van der Waals surface area contributed by atoms with Crippen LogP contribution in [0.2, 0.25) is 0 Å². The summed E-state index contributed by atoms with van der Waals surface area (Å²) in [6, 6.07) is 7.01. The molecule has 0 radical (unpaired) electrons. The molecule has 16 heteroatoms. The van der Waals surface area contributed by atoms with Crippen LogP contribution in [-0.4, -0.2) is 117 Å². The number of hydrogen-bond acceptors (Lipinski definition) is 10. The summed E-state index contributed by atoms with van der Waals surface area (Å²) in [6.07, 6.45) is 5.71. The molecule has 0 bridgehead atoms. The Morgan fingerprint density at radius 1 is 0.880 bits per heavy atom. The molecular formula is C34H59N11O5. The van der Waals surface area contributed by atoms with E-state index in [2.05, 4.69) is 61.4 Å². The molecule has 0 aromatic heterocycles. The quantitative estimate of drug-likeness (QED) is 0.0673. The summed E-state index contributed by atoms with van der Waals surface area (Å²) < 4.78 is 0. The fourth-order valence-electron chi connectivity index (χ4n) is 6.30. The fourth-order valence-corrected chi connectivity index (χ4v) is 6.30. The van der Waals surface area contributed by atoms with Crippen LogP contribution in [0.5, 0.6) is 0 Å². The predicted octanol–water partition coefficient (Wildman–Crippen LogP) is -1.01. The molecule has 0 spiro atoms. The van der Waals surface area contributed by atoms with Gasteiger partial charge in [0.25, 0.3) is 5.91 Å². The third-order valence-electron chi connectivity index (χ3n) is 8.95. The molecule has 13 N–H and O–H groups in total. The highest BCUT2D eigenvalue weighted by atomic mass is 16.4. The third kappa shape index (κ3) is 16.3. The number of nitrogens with two attached hydrogens (primary N) is 2. The van der Waals surface area contributed by atoms with E-state index in [1.807, 2.05) is 0 Å². The molecule has 16 nitrogen and oxygen atoms in total. The maximum absolute atomic E-state index is 12.8. The van der Waals surface area contributed by atoms with Gasteiger partial charge in [-0.3, -0.25) is 19.2 Å². The van der Waals surface area contributed by atoms with Crippen LogP contribution in [-0.2, 0) is 14.4 Å². The molecule has 280 valence electrons. The minimum Gasteiger partial charge on any atom is -0.481 e. The van der Waals surface area contributed by atoms with Crippen molar-refractivity contribution in [2.75, 3.05) is 45.8 Å². The summed E-state index contributed by atoms with van der Waals surface area (Å²) in [5.41, 5.74) is 11.4. The molecule has 50 heavy (non-hydrogen) atoms. The number of nitrogens with zero attached hydrogens (tertiary/aromatic N) is 1. The van der Waals surface area contributed by atoms with Gasteiger partial charge in [-0.1, -0.05) is 18.9 Å². The molecule has 3 amide bonds. The van der Waals surface area contributed by atoms with Gasteiger partial charge in [-0.15, -0.1) is 0 Å². The smallest absolute Gasteiger partial charge is 0.305 e. The number of fused-ring (bicyclic) bond motifs is 1. The number of carbonyl (C=O) groups excluding carboxylic acids is 3. The number of hydrogen-bond donors (Lipinski definition) is 11. The van der Waals surface area contributed by atoms with Crippen molar-refractivity contribution < 1.29 is 24.3 Å². The summed E-state index contributed by atoms with van der Waals surface area (Å²) in [5, 5.41) is 35.8. The number of guanidine groups is 1. The van der Waals surface area contributed by atoms with E-state index in [0.717, 1.165) is 52.0 Å². The van der Waals surface area contributed by atoms with E-state index < -0.39 is 36.8 Å². The summed E-state index contributed by atoms with van der Waals surface area (Å²) in [4.78, 5) is 53.3. The molecule has 2 unspecified atom stereocenters. The number of aliphatic imine (C=N–C) groups is 1. The largest absolute Gasteiger partial charge is 0.481 e. The lowest BCUT2D eigenvalue weighted by Gasteiger charge is -2.34. The van der Waals surface area contributed by atoms with E-state index in [4.69, 9.17) is 11.5 Å². The molecule has 6 atom stereocenters. The zero-order valence-electron chi connectivity index (χ0n) is 29.6. The lowest BCUT2D eigenvalue weighted by molar-refractivity contribution is -0.137. The lowest BCUT2D eigenvalue weighted by atomic mass is 9.90. The molecule has 1 aliphatic carbocycles. The fraction of sp³-hybridized carbons (Fsp3) is 0.676. The number of rotatable bonds is 13. The molecule has 1 aromatic rings. The third-order valence-corrected chi connectivity index (χ3v) is 8.95. The average Bonchev–Trinajstić information content (AvgIpc) is 3.07. The molecule has 1 saturated heterocycles. The van der Waals surface area contributed by atoms with Crippen molar-refractivity contribution >= 4 is 35.3 Å². The van der Waals surface area contributed by atoms with Crippen molar-refractivity contribution in [3.05, 3.63) is 29.8 Å². The summed E-state index contributed by atoms with van der Waals surface area (Å²) >= 11 is 0. The van der Waals surface area contributed by atoms with E-state index >= 15 is 0 Å². The summed E-state index contributed by atoms with van der Waals surface area (Å²) in [7, 11) is 0. The van der Waals surface area contributed by atoms with Gasteiger partial charge in [-0.25, -0.2) is 4.99 Å². The van der Waals surface area contributed by atoms with E-state index in [9.17, 15) is 24.3 Å². The first kappa shape index (κ1) is 40.6. The number of benzene rings is 1. The van der Waals surface area contributed by atoms with Gasteiger partial charge in [0, 0.05) is 87.5 Å². The van der Waals surface area contributed by atoms with Gasteiger partial charge >= 0.3 is 5.97 Å². The number of carbonyl (C=O) groups is 4. The van der Waals surface area contributed by atoms with Crippen LogP contribution in [0.15, 0.2) is 29.3 Å². The molecule has 1 aromatic carbocycles. The molecule has 1 saturated carbocycles. The number of amides is 3. The molecule has 1 heterocycles. The summed E-state index contributed by atoms with van der Waals surface area (Å²) in [5.74, 6) is -2.84. The van der Waals surface area contributed by atoms with E-state index in [0.29, 0.717) is 36.4 Å². The van der Waals surface area contributed by atoms with Crippen molar-refractivity contribution in [3.8, 4) is 0 Å². The zero-order chi connectivity index (χ0) is 36.3. The van der Waals surface area contributed by atoms with Gasteiger partial charge in [-0.2, -0.15) is 0 Å². The van der Waals surface area contributed by atoms with Crippen LogP contribution in [0.25, 0.3) is 0 Å². The maximum Gasteiger partial charge on any atom is 0.305 e. The van der Waals surface area contributed by atoms with Crippen molar-refractivity contribution in [2.24, 2.45) is 16.5 Å². The Labute approximate surface area is 295 Å². The van der Waals surface area contributed by atoms with E-state index in [-0.39, 0.29) is 29.9 Å². The van der Waals surface area contributed by atoms with Crippen molar-refractivity contribution in [3.63, 3.8) is 0 Å². The van der Waals surface area contributed by atoms with Crippen LogP contribution in [0.1, 0.15) is 75.6 Å². The molecule has 1 aliphatic heterocycles. The molecule has 2 aliphatic rings. The normalized spacial score (nSPS) is 24.2. The van der Waals surface area contributed by atoms with Crippen molar-refractivity contribution in [1.29, 1.82) is 0 Å². The maximum atomic E-state index is 12.8. The monoisotopic (exact) mass is 701 g/mol. The van der Waals surface area contributed by atoms with Crippen LogP contribution >= 0.6 is 0 Å². The Hall–Kier alpha value is -3.83. The Morgan fingerprint density at radius 3 is 2.32 bits per heavy atom. The second kappa shape index (κ2) is 22.1. The standard InChI is InChI=1S/C34H59N11O5/c1-22-18-40-23(2)19-41-26(20-42-29-11-4-3-10-28(29)38-14-13-37-22)9-6-12-39-30(46)16-27(17-32(48)49)44-31(47)21-43-33(50)24-7-5-8-25(15-24)45-34(35)36/h5,7-8,15,22-23,26-29,37-38,40-42H,3-4,6,9-14,16-21H2,1-2H3,(H,39,46)(H,43,50)(H,44,47)(H,48,49)(H4,35,36,45)/t22-,23-,26+,27?,28+,29?/m0/s1. The average molecular weight is 702 g/mol. The lowest BCUT2D eigenvalue weighted by Crippen LogP contribution is -2.54. The van der Waals surface area contributed by atoms with Gasteiger partial charge in [0.05, 0.1) is 18.7 Å². The second-order valence-corrected chi connectivity index (χ2v) is 13.5. The highest BCUT2D eigenvalue weighted by Gasteiger charge is 2.25. The van der Waals surface area contributed by atoms with Crippen molar-refractivity contribution in [2.45, 2.75) is 101 Å². The second-order valence-electron chi connectivity index (χ2n) is 13.5. The Morgan fingerprint density at radius 2 is 1.58 bits per heavy atom. The number of carboxylic acid groups (broad SMARTS) is 1. The first-order valence-corrected chi connectivity index (χ1v) is 17.9. The Balaban J connectivity index is 1.46. The van der Waals surface area contributed by atoms with Gasteiger partial charge in [0.2, 0.25) is 11.8 Å². The van der Waals surface area contributed by atoms with Gasteiger partial charge in [0.1, 0.15) is 0 Å². The van der Waals surface area contributed by atoms with Crippen LogP contribution < -0.4 is 54.0 Å². The Bertz CT molecular complexity index is 1260. The number of nitrogens with one attached hydrogen (secondary N) is 8. The molecular weight excluding hydrogens is 642 g/mol. The highest BCUT2D eigenvalue weighted by Crippen LogP contribution is 2.19. The minimum absolute atomic E-state index is 0.160. The minimum atomic E-state index is -1.16. The van der Waals surface area contributed by atoms with Crippen LogP contribution in [0.3, 0.4) is 0 Å². The number of carboxylic acids is 1. The van der Waals surface area contributed by atoms with Gasteiger partial charge in [0.15, 0.2) is 5.96 Å². The highest BCUT2D eigenvalue weighted by molar-refractivity contribution is 5.97. The van der Waals surface area contributed by atoms with Crippen molar-refractivity contribution in [1.82, 2.24) is 42.5 Å². The summed E-state index contributed by atoms with van der Waals surface area (Å²) in [6.45, 7) is 8.79. The van der Waals surface area contributed by atoms with E-state index in [1.54, 1.807) is 12.1 Å². The SMILES string of the molecule is C[C@H]1CN[C@H](CCCNC(=O)CC(CC(=O)O)NC(=O)CNC(=O)c2cccc(N=C(N)N)c2)CNC2CCCC[C@H]2NCCN[C@@H](C)CN1. The number of aliphatic carboxylic acids is 1. The topological polar surface area (TPSA) is 249 Å². The van der Waals surface area contributed by atoms with Crippen LogP contribution in [0, 0.1) is 0 Å². The Kier molecular flexibility index (Phi) is 17.9. The first-order chi connectivity index (χ1) is 24.0. The van der Waals surface area contributed by atoms with E-state index in [1.165, 1.54) is 31.4 Å². The predicted molar refractivity (Wildman–Crippen MR) is 194 cm³/mol. The van der Waals surface area contributed by atoms with Gasteiger partial charge in [-0.05, 0) is 57.7 Å². The molecule has 3 rings (SSSR count). The van der Waals surface area contributed by atoms with Gasteiger partial charge < -0.3 is 59.1 Å². The first-order valence-electron chi connectivity index (χ1n) is 17.9.